The van der Waals surface area contributed by atoms with Crippen LogP contribution in [-0.4, -0.2) is 28.0 Å². The highest BCUT2D eigenvalue weighted by Crippen LogP contribution is 2.06. The highest BCUT2D eigenvalue weighted by atomic mass is 79.9. The molecule has 0 aliphatic rings. The van der Waals surface area contributed by atoms with Crippen LogP contribution in [0.4, 0.5) is 0 Å². The van der Waals surface area contributed by atoms with Crippen molar-refractivity contribution in [3.63, 3.8) is 0 Å². The Morgan fingerprint density at radius 1 is 1.59 bits per heavy atom. The number of carbonyl (C=O) groups is 2. The molecule has 2 N–H and O–H groups in total. The van der Waals surface area contributed by atoms with Gasteiger partial charge in [-0.15, -0.1) is 12.3 Å². The fraction of sp³-hybridized carbons (Fsp3) is 0.182. The van der Waals surface area contributed by atoms with Crippen LogP contribution in [0.1, 0.15) is 16.9 Å². The average Bonchev–Trinajstić information content (AvgIpc) is 2.28. The zero-order chi connectivity index (χ0) is 12.8. The number of nitrogens with one attached hydrogen (secondary N) is 1. The monoisotopic (exact) mass is 296 g/mol. The summed E-state index contributed by atoms with van der Waals surface area (Å²) in [6.07, 6.45) is 4.94. The van der Waals surface area contributed by atoms with Gasteiger partial charge in [-0.05, 0) is 28.1 Å². The SMILES string of the molecule is C#CCC(NC(=O)c1cccc(Br)n1)C(=O)O. The van der Waals surface area contributed by atoms with Crippen molar-refractivity contribution in [2.75, 3.05) is 0 Å². The number of pyridine rings is 1. The molecule has 1 unspecified atom stereocenters. The lowest BCUT2D eigenvalue weighted by Gasteiger charge is -2.11. The lowest BCUT2D eigenvalue weighted by Crippen LogP contribution is -2.40. The first-order chi connectivity index (χ1) is 8.04. The molecule has 0 aliphatic heterocycles. The second-order valence-electron chi connectivity index (χ2n) is 3.12. The standard InChI is InChI=1S/C11H9BrN2O3/c1-2-4-8(11(16)17)14-10(15)7-5-3-6-9(12)13-7/h1,3,5-6,8H,4H2,(H,14,15)(H,16,17). The third kappa shape index (κ3) is 3.89. The molecule has 0 spiro atoms. The van der Waals surface area contributed by atoms with Gasteiger partial charge >= 0.3 is 5.97 Å². The number of aromatic nitrogens is 1. The first-order valence-electron chi connectivity index (χ1n) is 4.64. The highest BCUT2D eigenvalue weighted by Gasteiger charge is 2.20. The summed E-state index contributed by atoms with van der Waals surface area (Å²) in [5.41, 5.74) is 0.127. The number of halogens is 1. The summed E-state index contributed by atoms with van der Waals surface area (Å²) in [5.74, 6) is 0.442. The van der Waals surface area contributed by atoms with Gasteiger partial charge in [-0.3, -0.25) is 4.79 Å². The summed E-state index contributed by atoms with van der Waals surface area (Å²) >= 11 is 3.12. The number of carbonyl (C=O) groups excluding carboxylic acids is 1. The highest BCUT2D eigenvalue weighted by molar-refractivity contribution is 9.10. The van der Waals surface area contributed by atoms with E-state index in [1.54, 1.807) is 12.1 Å². The quantitative estimate of drug-likeness (QED) is 0.643. The summed E-state index contributed by atoms with van der Waals surface area (Å²) in [4.78, 5) is 26.3. The van der Waals surface area contributed by atoms with E-state index in [2.05, 4.69) is 32.2 Å². The minimum atomic E-state index is -1.17. The third-order valence-corrected chi connectivity index (χ3v) is 2.31. The molecule has 1 aromatic heterocycles. The Balaban J connectivity index is 2.78. The Hall–Kier alpha value is -1.87. The van der Waals surface area contributed by atoms with Gasteiger partial charge in [0.15, 0.2) is 0 Å². The summed E-state index contributed by atoms with van der Waals surface area (Å²) in [7, 11) is 0. The van der Waals surface area contributed by atoms with Gasteiger partial charge in [0.05, 0.1) is 0 Å². The number of hydrogen-bond acceptors (Lipinski definition) is 3. The Labute approximate surface area is 106 Å². The molecule has 0 saturated carbocycles. The normalized spacial score (nSPS) is 11.3. The molecule has 88 valence electrons. The Bertz CT molecular complexity index is 482. The minimum absolute atomic E-state index is 0.0743. The first-order valence-corrected chi connectivity index (χ1v) is 5.43. The molecule has 1 amide bonds. The van der Waals surface area contributed by atoms with E-state index < -0.39 is 17.9 Å². The van der Waals surface area contributed by atoms with E-state index in [0.29, 0.717) is 4.60 Å². The predicted molar refractivity (Wildman–Crippen MR) is 64.3 cm³/mol. The molecule has 1 aromatic rings. The van der Waals surface area contributed by atoms with Gasteiger partial charge in [-0.2, -0.15) is 0 Å². The van der Waals surface area contributed by atoms with E-state index in [4.69, 9.17) is 11.5 Å². The summed E-state index contributed by atoms with van der Waals surface area (Å²) in [5, 5.41) is 11.1. The molecule has 1 atom stereocenters. The van der Waals surface area contributed by atoms with Gasteiger partial charge in [0, 0.05) is 6.42 Å². The molecule has 0 radical (unpaired) electrons. The van der Waals surface area contributed by atoms with Crippen LogP contribution in [0.15, 0.2) is 22.8 Å². The van der Waals surface area contributed by atoms with Crippen molar-refractivity contribution in [3.05, 3.63) is 28.5 Å². The fourth-order valence-corrected chi connectivity index (χ4v) is 1.43. The maximum atomic E-state index is 11.7. The van der Waals surface area contributed by atoms with Gasteiger partial charge in [-0.25, -0.2) is 9.78 Å². The van der Waals surface area contributed by atoms with E-state index in [-0.39, 0.29) is 12.1 Å². The van der Waals surface area contributed by atoms with Gasteiger partial charge < -0.3 is 10.4 Å². The second kappa shape index (κ2) is 6.01. The van der Waals surface area contributed by atoms with Gasteiger partial charge in [0.25, 0.3) is 5.91 Å². The van der Waals surface area contributed by atoms with Crippen LogP contribution in [0.5, 0.6) is 0 Å². The fourth-order valence-electron chi connectivity index (χ4n) is 1.08. The third-order valence-electron chi connectivity index (χ3n) is 1.87. The lowest BCUT2D eigenvalue weighted by molar-refractivity contribution is -0.139. The molecular formula is C11H9BrN2O3. The summed E-state index contributed by atoms with van der Waals surface area (Å²) < 4.78 is 0.494. The Kier molecular flexibility index (Phi) is 4.67. The predicted octanol–water partition coefficient (Wildman–Crippen LogP) is 1.05. The number of rotatable bonds is 4. The largest absolute Gasteiger partial charge is 0.480 e. The number of nitrogens with zero attached hydrogens (tertiary/aromatic N) is 1. The van der Waals surface area contributed by atoms with Crippen molar-refractivity contribution < 1.29 is 14.7 Å². The maximum absolute atomic E-state index is 11.7. The number of carboxylic acids is 1. The lowest BCUT2D eigenvalue weighted by atomic mass is 10.2. The van der Waals surface area contributed by atoms with Crippen molar-refractivity contribution >= 4 is 27.8 Å². The zero-order valence-corrected chi connectivity index (χ0v) is 10.3. The first kappa shape index (κ1) is 13.2. The molecule has 1 rings (SSSR count). The Morgan fingerprint density at radius 3 is 2.82 bits per heavy atom. The van der Waals surface area contributed by atoms with Crippen molar-refractivity contribution in [2.24, 2.45) is 0 Å². The van der Waals surface area contributed by atoms with Gasteiger partial charge in [-0.1, -0.05) is 6.07 Å². The molecular weight excluding hydrogens is 288 g/mol. The van der Waals surface area contributed by atoms with Crippen molar-refractivity contribution in [1.82, 2.24) is 10.3 Å². The van der Waals surface area contributed by atoms with E-state index in [0.717, 1.165) is 0 Å². The summed E-state index contributed by atoms with van der Waals surface area (Å²) in [6, 6.07) is 3.67. The molecule has 17 heavy (non-hydrogen) atoms. The zero-order valence-electron chi connectivity index (χ0n) is 8.68. The minimum Gasteiger partial charge on any atom is -0.480 e. The topological polar surface area (TPSA) is 79.3 Å². The molecule has 0 aromatic carbocycles. The van der Waals surface area contributed by atoms with Crippen LogP contribution < -0.4 is 5.32 Å². The Morgan fingerprint density at radius 2 is 2.29 bits per heavy atom. The van der Waals surface area contributed by atoms with E-state index in [1.807, 2.05) is 0 Å². The number of hydrogen-bond donors (Lipinski definition) is 2. The number of terminal acetylenes is 1. The molecule has 6 heteroatoms. The van der Waals surface area contributed by atoms with Crippen LogP contribution in [0.25, 0.3) is 0 Å². The number of amides is 1. The van der Waals surface area contributed by atoms with Crippen molar-refractivity contribution in [1.29, 1.82) is 0 Å². The van der Waals surface area contributed by atoms with Crippen LogP contribution in [0, 0.1) is 12.3 Å². The smallest absolute Gasteiger partial charge is 0.327 e. The maximum Gasteiger partial charge on any atom is 0.327 e. The van der Waals surface area contributed by atoms with Crippen molar-refractivity contribution in [2.45, 2.75) is 12.5 Å². The van der Waals surface area contributed by atoms with E-state index in [1.165, 1.54) is 6.07 Å². The molecule has 1 heterocycles. The molecule has 0 bridgehead atoms. The van der Waals surface area contributed by atoms with Gasteiger partial charge in [0.2, 0.25) is 0 Å². The summed E-state index contributed by atoms with van der Waals surface area (Å²) in [6.45, 7) is 0. The molecule has 0 aliphatic carbocycles. The van der Waals surface area contributed by atoms with Crippen LogP contribution >= 0.6 is 15.9 Å². The average molecular weight is 297 g/mol. The van der Waals surface area contributed by atoms with E-state index in [9.17, 15) is 9.59 Å². The van der Waals surface area contributed by atoms with Crippen LogP contribution in [0.3, 0.4) is 0 Å². The number of carboxylic acid groups (broad SMARTS) is 1. The number of aliphatic carboxylic acids is 1. The van der Waals surface area contributed by atoms with Crippen molar-refractivity contribution in [3.8, 4) is 12.3 Å². The second-order valence-corrected chi connectivity index (χ2v) is 3.93. The molecule has 5 nitrogen and oxygen atoms in total. The van der Waals surface area contributed by atoms with Crippen LogP contribution in [0.2, 0.25) is 0 Å². The van der Waals surface area contributed by atoms with E-state index >= 15 is 0 Å². The van der Waals surface area contributed by atoms with Gasteiger partial charge in [0.1, 0.15) is 16.3 Å². The van der Waals surface area contributed by atoms with Crippen LogP contribution in [-0.2, 0) is 4.79 Å². The molecule has 0 saturated heterocycles. The molecule has 0 fully saturated rings.